The number of hydrazone groups is 1. The number of benzene rings is 1. The number of hydrogen-bond donors (Lipinski definition) is 1. The Morgan fingerprint density at radius 2 is 1.83 bits per heavy atom. The van der Waals surface area contributed by atoms with Crippen molar-refractivity contribution in [3.8, 4) is 0 Å². The smallest absolute Gasteiger partial charge is 0.254 e. The van der Waals surface area contributed by atoms with E-state index in [1.807, 2.05) is 13.0 Å². The molecular weight excluding hydrogens is 286 g/mol. The second-order valence-corrected chi connectivity index (χ2v) is 7.15. The minimum Gasteiger partial charge on any atom is -0.294 e. The van der Waals surface area contributed by atoms with Gasteiger partial charge in [0.05, 0.1) is 6.54 Å². The Labute approximate surface area is 140 Å². The summed E-state index contributed by atoms with van der Waals surface area (Å²) in [7, 11) is 0. The maximum Gasteiger partial charge on any atom is 0.254 e. The van der Waals surface area contributed by atoms with Crippen LogP contribution in [0.15, 0.2) is 35.4 Å². The molecule has 1 fully saturated rings. The summed E-state index contributed by atoms with van der Waals surface area (Å²) in [5.74, 6) is -0.0104. The van der Waals surface area contributed by atoms with Crippen LogP contribution in [0.1, 0.15) is 52.0 Å². The summed E-state index contributed by atoms with van der Waals surface area (Å²) in [5.41, 5.74) is 4.95. The molecule has 1 aliphatic rings. The molecule has 0 saturated carbocycles. The van der Waals surface area contributed by atoms with E-state index in [0.717, 1.165) is 25.2 Å². The van der Waals surface area contributed by atoms with E-state index in [-0.39, 0.29) is 11.3 Å². The number of amides is 1. The van der Waals surface area contributed by atoms with Gasteiger partial charge < -0.3 is 0 Å². The molecule has 1 aliphatic heterocycles. The predicted molar refractivity (Wildman–Crippen MR) is 95.6 cm³/mol. The third-order valence-corrected chi connectivity index (χ3v) is 4.44. The van der Waals surface area contributed by atoms with Crippen molar-refractivity contribution in [1.29, 1.82) is 0 Å². The first-order valence-electron chi connectivity index (χ1n) is 8.57. The second kappa shape index (κ2) is 8.25. The number of rotatable bonds is 6. The number of hydrogen-bond acceptors (Lipinski definition) is 3. The lowest BCUT2D eigenvalue weighted by molar-refractivity contribution is -0.122. The molecule has 23 heavy (non-hydrogen) atoms. The van der Waals surface area contributed by atoms with Gasteiger partial charge in [-0.25, -0.2) is 5.43 Å². The van der Waals surface area contributed by atoms with Gasteiger partial charge in [0, 0.05) is 5.71 Å². The lowest BCUT2D eigenvalue weighted by atomic mass is 9.80. The van der Waals surface area contributed by atoms with Crippen molar-refractivity contribution in [2.45, 2.75) is 51.9 Å². The van der Waals surface area contributed by atoms with Crippen LogP contribution in [-0.2, 0) is 10.2 Å². The van der Waals surface area contributed by atoms with Gasteiger partial charge in [-0.1, -0.05) is 50.6 Å². The standard InChI is InChI=1S/C19H29N3O/c1-16(14-19(2,3)17-10-6-4-7-11-17)20-21-18(23)15-22-12-8-5-9-13-22/h4,6-7,10-11H,5,8-9,12-15H2,1-3H3,(H,21,23)/b20-16-. The van der Waals surface area contributed by atoms with Crippen LogP contribution in [-0.4, -0.2) is 36.2 Å². The third-order valence-electron chi connectivity index (χ3n) is 4.44. The first kappa shape index (κ1) is 17.7. The molecule has 1 N–H and O–H groups in total. The highest BCUT2D eigenvalue weighted by molar-refractivity contribution is 5.85. The van der Waals surface area contributed by atoms with Crippen molar-refractivity contribution in [2.24, 2.45) is 5.10 Å². The quantitative estimate of drug-likeness (QED) is 0.646. The zero-order chi connectivity index (χ0) is 16.7. The minimum absolute atomic E-state index is 0.00639. The molecule has 2 rings (SSSR count). The first-order valence-corrected chi connectivity index (χ1v) is 8.57. The van der Waals surface area contributed by atoms with Gasteiger partial charge in [-0.2, -0.15) is 5.10 Å². The molecule has 0 atom stereocenters. The zero-order valence-corrected chi connectivity index (χ0v) is 14.6. The van der Waals surface area contributed by atoms with Crippen molar-refractivity contribution in [3.05, 3.63) is 35.9 Å². The lowest BCUT2D eigenvalue weighted by Crippen LogP contribution is -2.38. The fraction of sp³-hybridized carbons (Fsp3) is 0.579. The van der Waals surface area contributed by atoms with Crippen LogP contribution in [0, 0.1) is 0 Å². The van der Waals surface area contributed by atoms with Crippen molar-refractivity contribution >= 4 is 11.6 Å². The molecule has 0 bridgehead atoms. The Hall–Kier alpha value is -1.68. The van der Waals surface area contributed by atoms with Crippen LogP contribution in [0.5, 0.6) is 0 Å². The summed E-state index contributed by atoms with van der Waals surface area (Å²) in [6, 6.07) is 10.4. The van der Waals surface area contributed by atoms with E-state index in [1.54, 1.807) is 0 Å². The summed E-state index contributed by atoms with van der Waals surface area (Å²) in [4.78, 5) is 14.2. The molecule has 126 valence electrons. The average molecular weight is 315 g/mol. The molecule has 0 radical (unpaired) electrons. The van der Waals surface area contributed by atoms with Gasteiger partial charge in [0.25, 0.3) is 5.91 Å². The average Bonchev–Trinajstić information content (AvgIpc) is 2.54. The Morgan fingerprint density at radius 3 is 2.48 bits per heavy atom. The molecule has 1 heterocycles. The third kappa shape index (κ3) is 5.79. The van der Waals surface area contributed by atoms with Crippen LogP contribution in [0.2, 0.25) is 0 Å². The minimum atomic E-state index is -0.0104. The molecule has 0 spiro atoms. The molecule has 0 aliphatic carbocycles. The molecule has 1 amide bonds. The van der Waals surface area contributed by atoms with E-state index >= 15 is 0 Å². The Balaban J connectivity index is 1.83. The van der Waals surface area contributed by atoms with Gasteiger partial charge in [-0.05, 0) is 50.3 Å². The molecule has 4 heteroatoms. The monoisotopic (exact) mass is 315 g/mol. The summed E-state index contributed by atoms with van der Waals surface area (Å²) >= 11 is 0. The Bertz CT molecular complexity index is 531. The SMILES string of the molecule is C/C(CC(C)(C)c1ccccc1)=N/NC(=O)CN1CCCCC1. The Morgan fingerprint density at radius 1 is 1.17 bits per heavy atom. The molecule has 1 saturated heterocycles. The fourth-order valence-electron chi connectivity index (χ4n) is 3.18. The van der Waals surface area contributed by atoms with Crippen molar-refractivity contribution in [3.63, 3.8) is 0 Å². The topological polar surface area (TPSA) is 44.7 Å². The predicted octanol–water partition coefficient (Wildman–Crippen LogP) is 3.33. The van der Waals surface area contributed by atoms with Gasteiger partial charge in [0.2, 0.25) is 0 Å². The van der Waals surface area contributed by atoms with Crippen molar-refractivity contribution in [2.75, 3.05) is 19.6 Å². The zero-order valence-electron chi connectivity index (χ0n) is 14.6. The van der Waals surface area contributed by atoms with Crippen molar-refractivity contribution in [1.82, 2.24) is 10.3 Å². The van der Waals surface area contributed by atoms with Gasteiger partial charge in [-0.3, -0.25) is 9.69 Å². The highest BCUT2D eigenvalue weighted by Gasteiger charge is 2.21. The number of piperidine rings is 1. The molecule has 1 aromatic carbocycles. The second-order valence-electron chi connectivity index (χ2n) is 7.15. The van der Waals surface area contributed by atoms with E-state index in [1.165, 1.54) is 24.8 Å². The van der Waals surface area contributed by atoms with Crippen LogP contribution in [0.25, 0.3) is 0 Å². The van der Waals surface area contributed by atoms with E-state index < -0.39 is 0 Å². The highest BCUT2D eigenvalue weighted by Crippen LogP contribution is 2.27. The van der Waals surface area contributed by atoms with Crippen LogP contribution in [0.3, 0.4) is 0 Å². The summed E-state index contributed by atoms with van der Waals surface area (Å²) in [5, 5.41) is 4.29. The molecule has 1 aromatic rings. The molecular formula is C19H29N3O. The van der Waals surface area contributed by atoms with E-state index in [2.05, 4.69) is 53.5 Å². The van der Waals surface area contributed by atoms with Crippen LogP contribution in [0.4, 0.5) is 0 Å². The van der Waals surface area contributed by atoms with Gasteiger partial charge >= 0.3 is 0 Å². The lowest BCUT2D eigenvalue weighted by Gasteiger charge is -2.26. The number of carbonyl (C=O) groups excluding carboxylic acids is 1. The van der Waals surface area contributed by atoms with Gasteiger partial charge in [-0.15, -0.1) is 0 Å². The number of nitrogens with zero attached hydrogens (tertiary/aromatic N) is 2. The summed E-state index contributed by atoms with van der Waals surface area (Å²) < 4.78 is 0. The van der Waals surface area contributed by atoms with E-state index in [9.17, 15) is 4.79 Å². The maximum atomic E-state index is 12.0. The van der Waals surface area contributed by atoms with E-state index in [4.69, 9.17) is 0 Å². The fourth-order valence-corrected chi connectivity index (χ4v) is 3.18. The molecule has 4 nitrogen and oxygen atoms in total. The number of likely N-dealkylation sites (tertiary alicyclic amines) is 1. The molecule has 0 aromatic heterocycles. The Kier molecular flexibility index (Phi) is 6.34. The largest absolute Gasteiger partial charge is 0.294 e. The van der Waals surface area contributed by atoms with Crippen LogP contribution < -0.4 is 5.43 Å². The number of carbonyl (C=O) groups is 1. The summed E-state index contributed by atoms with van der Waals surface area (Å²) in [6.07, 6.45) is 4.49. The normalized spacial score (nSPS) is 17.1. The van der Waals surface area contributed by atoms with E-state index in [0.29, 0.717) is 6.54 Å². The highest BCUT2D eigenvalue weighted by atomic mass is 16.2. The van der Waals surface area contributed by atoms with Crippen LogP contribution >= 0.6 is 0 Å². The van der Waals surface area contributed by atoms with Gasteiger partial charge in [0.1, 0.15) is 0 Å². The summed E-state index contributed by atoms with van der Waals surface area (Å²) in [6.45, 7) is 8.90. The van der Waals surface area contributed by atoms with Gasteiger partial charge in [0.15, 0.2) is 0 Å². The van der Waals surface area contributed by atoms with Crippen molar-refractivity contribution < 1.29 is 4.79 Å². The number of nitrogens with one attached hydrogen (secondary N) is 1. The molecule has 0 unspecified atom stereocenters. The first-order chi connectivity index (χ1) is 11.0. The maximum absolute atomic E-state index is 12.0.